The first kappa shape index (κ1) is 15.5. The molecule has 0 unspecified atom stereocenters. The van der Waals surface area contributed by atoms with Crippen LogP contribution < -0.4 is 5.32 Å². The van der Waals surface area contributed by atoms with E-state index in [2.05, 4.69) is 14.7 Å². The lowest BCUT2D eigenvalue weighted by molar-refractivity contribution is 0.201. The summed E-state index contributed by atoms with van der Waals surface area (Å²) in [6.45, 7) is 2.90. The van der Waals surface area contributed by atoms with Crippen molar-refractivity contribution in [1.82, 2.24) is 14.3 Å². The summed E-state index contributed by atoms with van der Waals surface area (Å²) in [5.74, 6) is 1.48. The van der Waals surface area contributed by atoms with Crippen molar-refractivity contribution in [2.24, 2.45) is 0 Å². The third kappa shape index (κ3) is 4.27. The first-order chi connectivity index (χ1) is 10.1. The molecule has 21 heavy (non-hydrogen) atoms. The number of hydrogen-bond donors (Lipinski definition) is 1. The molecule has 0 atom stereocenters. The van der Waals surface area contributed by atoms with E-state index in [0.29, 0.717) is 30.5 Å². The molecule has 8 heteroatoms. The Morgan fingerprint density at radius 2 is 2.38 bits per heavy atom. The van der Waals surface area contributed by atoms with E-state index in [4.69, 9.17) is 9.15 Å². The fraction of sp³-hybridized carbons (Fsp3) is 0.462. The summed E-state index contributed by atoms with van der Waals surface area (Å²) in [5.41, 5.74) is 0.977. The van der Waals surface area contributed by atoms with Crippen molar-refractivity contribution in [3.8, 4) is 0 Å². The van der Waals surface area contributed by atoms with E-state index in [-0.39, 0.29) is 6.03 Å². The van der Waals surface area contributed by atoms with Crippen LogP contribution in [0.4, 0.5) is 9.93 Å². The van der Waals surface area contributed by atoms with E-state index in [1.165, 1.54) is 0 Å². The lowest BCUT2D eigenvalue weighted by Crippen LogP contribution is -2.30. The standard InChI is InChI=1S/C13H18N4O3S/c1-9-10(4-7-20-9)8-17(2)13(18)15-12-14-11(16-21-12)5-6-19-3/h4,7H,5-6,8H2,1-3H3,(H,14,15,16,18). The van der Waals surface area contributed by atoms with E-state index in [0.717, 1.165) is 22.9 Å². The van der Waals surface area contributed by atoms with Crippen LogP contribution in [0.1, 0.15) is 17.1 Å². The molecule has 2 aromatic heterocycles. The molecular formula is C13H18N4O3S. The van der Waals surface area contributed by atoms with Crippen LogP contribution in [0.3, 0.4) is 0 Å². The number of amides is 2. The van der Waals surface area contributed by atoms with Gasteiger partial charge in [0.2, 0.25) is 5.13 Å². The molecule has 0 fully saturated rings. The van der Waals surface area contributed by atoms with E-state index in [1.807, 2.05) is 13.0 Å². The summed E-state index contributed by atoms with van der Waals surface area (Å²) >= 11 is 1.16. The summed E-state index contributed by atoms with van der Waals surface area (Å²) < 4.78 is 14.3. The molecule has 0 aliphatic rings. The van der Waals surface area contributed by atoms with Crippen LogP contribution in [-0.4, -0.2) is 41.1 Å². The van der Waals surface area contributed by atoms with Gasteiger partial charge in [0, 0.05) is 37.7 Å². The molecule has 2 amide bonds. The minimum atomic E-state index is -0.231. The maximum Gasteiger partial charge on any atom is 0.323 e. The molecule has 2 aromatic rings. The highest BCUT2D eigenvalue weighted by Gasteiger charge is 2.14. The van der Waals surface area contributed by atoms with Gasteiger partial charge in [-0.2, -0.15) is 4.37 Å². The highest BCUT2D eigenvalue weighted by Crippen LogP contribution is 2.14. The molecule has 0 radical (unpaired) electrons. The minimum absolute atomic E-state index is 0.231. The zero-order valence-electron chi connectivity index (χ0n) is 12.3. The zero-order valence-corrected chi connectivity index (χ0v) is 13.1. The predicted octanol–water partition coefficient (Wildman–Crippen LogP) is 2.29. The van der Waals surface area contributed by atoms with E-state index >= 15 is 0 Å². The molecule has 0 aromatic carbocycles. The number of carbonyl (C=O) groups is 1. The van der Waals surface area contributed by atoms with Gasteiger partial charge in [0.1, 0.15) is 11.6 Å². The molecule has 0 saturated heterocycles. The van der Waals surface area contributed by atoms with Crippen molar-refractivity contribution in [3.63, 3.8) is 0 Å². The second kappa shape index (κ2) is 7.19. The van der Waals surface area contributed by atoms with Crippen molar-refractivity contribution in [3.05, 3.63) is 29.5 Å². The summed E-state index contributed by atoms with van der Waals surface area (Å²) in [7, 11) is 3.34. The Kier molecular flexibility index (Phi) is 5.29. The van der Waals surface area contributed by atoms with E-state index < -0.39 is 0 Å². The first-order valence-electron chi connectivity index (χ1n) is 6.46. The number of furan rings is 1. The average Bonchev–Trinajstić information content (AvgIpc) is 3.06. The van der Waals surface area contributed by atoms with Crippen LogP contribution in [0.25, 0.3) is 0 Å². The number of nitrogens with zero attached hydrogens (tertiary/aromatic N) is 3. The van der Waals surface area contributed by atoms with E-state index in [1.54, 1.807) is 25.3 Å². The van der Waals surface area contributed by atoms with Crippen molar-refractivity contribution < 1.29 is 13.9 Å². The smallest absolute Gasteiger partial charge is 0.323 e. The van der Waals surface area contributed by atoms with Crippen molar-refractivity contribution in [2.45, 2.75) is 19.9 Å². The number of aromatic nitrogens is 2. The molecule has 0 spiro atoms. The van der Waals surface area contributed by atoms with Gasteiger partial charge in [-0.1, -0.05) is 0 Å². The molecule has 1 N–H and O–H groups in total. The third-order valence-corrected chi connectivity index (χ3v) is 3.60. The Bertz CT molecular complexity index is 596. The lowest BCUT2D eigenvalue weighted by Gasteiger charge is -2.16. The van der Waals surface area contributed by atoms with Crippen molar-refractivity contribution >= 4 is 22.7 Å². The minimum Gasteiger partial charge on any atom is -0.469 e. The van der Waals surface area contributed by atoms with Gasteiger partial charge in [-0.15, -0.1) is 0 Å². The van der Waals surface area contributed by atoms with Crippen LogP contribution in [-0.2, 0) is 17.7 Å². The first-order valence-corrected chi connectivity index (χ1v) is 7.24. The number of anilines is 1. The SMILES string of the molecule is COCCc1nsc(NC(=O)N(C)Cc2ccoc2C)n1. The molecule has 2 rings (SSSR count). The second-order valence-corrected chi connectivity index (χ2v) is 5.30. The number of carbonyl (C=O) groups excluding carboxylic acids is 1. The Labute approximate surface area is 127 Å². The average molecular weight is 310 g/mol. The Balaban J connectivity index is 1.88. The molecule has 0 bridgehead atoms. The largest absolute Gasteiger partial charge is 0.469 e. The van der Waals surface area contributed by atoms with Crippen LogP contribution >= 0.6 is 11.5 Å². The van der Waals surface area contributed by atoms with Gasteiger partial charge in [-0.25, -0.2) is 9.78 Å². The van der Waals surface area contributed by atoms with Gasteiger partial charge >= 0.3 is 6.03 Å². The normalized spacial score (nSPS) is 10.6. The second-order valence-electron chi connectivity index (χ2n) is 4.55. The van der Waals surface area contributed by atoms with Crippen LogP contribution in [0.5, 0.6) is 0 Å². The number of methoxy groups -OCH3 is 1. The van der Waals surface area contributed by atoms with Gasteiger partial charge in [0.05, 0.1) is 19.4 Å². The summed E-state index contributed by atoms with van der Waals surface area (Å²) in [4.78, 5) is 17.9. The molecule has 114 valence electrons. The van der Waals surface area contributed by atoms with Gasteiger partial charge in [0.25, 0.3) is 0 Å². The molecule has 0 saturated carbocycles. The highest BCUT2D eigenvalue weighted by atomic mass is 32.1. The number of nitrogens with one attached hydrogen (secondary N) is 1. The molecule has 0 aliphatic heterocycles. The van der Waals surface area contributed by atoms with Crippen LogP contribution in [0.2, 0.25) is 0 Å². The van der Waals surface area contributed by atoms with Gasteiger partial charge < -0.3 is 14.1 Å². The number of ether oxygens (including phenoxy) is 1. The maximum atomic E-state index is 12.1. The fourth-order valence-electron chi connectivity index (χ4n) is 1.69. The summed E-state index contributed by atoms with van der Waals surface area (Å²) in [5, 5.41) is 3.22. The van der Waals surface area contributed by atoms with Gasteiger partial charge in [0.15, 0.2) is 0 Å². The lowest BCUT2D eigenvalue weighted by atomic mass is 10.2. The van der Waals surface area contributed by atoms with Crippen molar-refractivity contribution in [1.29, 1.82) is 0 Å². The molecular weight excluding hydrogens is 292 g/mol. The zero-order chi connectivity index (χ0) is 15.2. The highest BCUT2D eigenvalue weighted by molar-refractivity contribution is 7.09. The molecule has 2 heterocycles. The topological polar surface area (TPSA) is 80.5 Å². The summed E-state index contributed by atoms with van der Waals surface area (Å²) in [6, 6.07) is 1.62. The number of urea groups is 1. The number of hydrogen-bond acceptors (Lipinski definition) is 6. The van der Waals surface area contributed by atoms with Gasteiger partial charge in [-0.05, 0) is 13.0 Å². The van der Waals surface area contributed by atoms with Crippen LogP contribution in [0, 0.1) is 6.92 Å². The van der Waals surface area contributed by atoms with Gasteiger partial charge in [-0.3, -0.25) is 5.32 Å². The maximum absolute atomic E-state index is 12.1. The third-order valence-electron chi connectivity index (χ3n) is 2.93. The molecule has 7 nitrogen and oxygen atoms in total. The van der Waals surface area contributed by atoms with E-state index in [9.17, 15) is 4.79 Å². The monoisotopic (exact) mass is 310 g/mol. The predicted molar refractivity (Wildman–Crippen MR) is 79.4 cm³/mol. The Hall–Kier alpha value is -1.93. The molecule has 0 aliphatic carbocycles. The quantitative estimate of drug-likeness (QED) is 0.885. The van der Waals surface area contributed by atoms with Crippen LogP contribution in [0.15, 0.2) is 16.7 Å². The Morgan fingerprint density at radius 3 is 3.05 bits per heavy atom. The Morgan fingerprint density at radius 1 is 1.57 bits per heavy atom. The summed E-state index contributed by atoms with van der Waals surface area (Å²) in [6.07, 6.45) is 2.25. The van der Waals surface area contributed by atoms with Crippen molar-refractivity contribution in [2.75, 3.05) is 26.1 Å². The fourth-order valence-corrected chi connectivity index (χ4v) is 2.29. The number of rotatable bonds is 6. The number of aryl methyl sites for hydroxylation is 1.